The quantitative estimate of drug-likeness (QED) is 0.824. The number of halogens is 1. The molecule has 3 rings (SSSR count). The molecule has 0 saturated carbocycles. The van der Waals surface area contributed by atoms with E-state index in [1.165, 1.54) is 0 Å². The number of ether oxygens (including phenoxy) is 2. The molecule has 1 saturated heterocycles. The van der Waals surface area contributed by atoms with Gasteiger partial charge in [0, 0.05) is 12.6 Å². The van der Waals surface area contributed by atoms with Gasteiger partial charge in [-0.3, -0.25) is 9.36 Å². The Morgan fingerprint density at radius 1 is 1.61 bits per heavy atom. The summed E-state index contributed by atoms with van der Waals surface area (Å²) < 4.78 is 12.7. The molecule has 96 valence electrons. The van der Waals surface area contributed by atoms with Gasteiger partial charge in [-0.05, 0) is 11.1 Å². The van der Waals surface area contributed by atoms with E-state index in [4.69, 9.17) is 9.47 Å². The summed E-state index contributed by atoms with van der Waals surface area (Å²) in [5, 5.41) is 9.76. The van der Waals surface area contributed by atoms with Crippen LogP contribution >= 0.6 is 15.9 Å². The van der Waals surface area contributed by atoms with Gasteiger partial charge in [-0.2, -0.15) is 4.98 Å². The van der Waals surface area contributed by atoms with Gasteiger partial charge in [0.1, 0.15) is 18.9 Å². The molecule has 1 aromatic heterocycles. The molecule has 0 aliphatic carbocycles. The van der Waals surface area contributed by atoms with Crippen LogP contribution in [0.4, 0.5) is 0 Å². The van der Waals surface area contributed by atoms with Crippen LogP contribution in [0.3, 0.4) is 0 Å². The molecule has 2 aliphatic rings. The van der Waals surface area contributed by atoms with Gasteiger partial charge in [0.05, 0.1) is 11.7 Å². The number of fused-ring (bicyclic) bond motifs is 4. The molecular formula is C11H11BrN2O4. The lowest BCUT2D eigenvalue weighted by Crippen LogP contribution is -2.29. The highest BCUT2D eigenvalue weighted by Gasteiger charge is 2.39. The lowest BCUT2D eigenvalue weighted by Gasteiger charge is -2.16. The predicted molar refractivity (Wildman–Crippen MR) is 66.5 cm³/mol. The monoisotopic (exact) mass is 314 g/mol. The number of aliphatic hydroxyl groups excluding tert-OH is 1. The minimum atomic E-state index is -0.544. The topological polar surface area (TPSA) is 73.6 Å². The lowest BCUT2D eigenvalue weighted by atomic mass is 10.2. The van der Waals surface area contributed by atoms with Crippen molar-refractivity contribution in [3.8, 4) is 6.01 Å². The van der Waals surface area contributed by atoms with E-state index in [0.717, 1.165) is 0 Å². The highest BCUT2D eigenvalue weighted by molar-refractivity contribution is 9.11. The minimum Gasteiger partial charge on any atom is -0.462 e. The smallest absolute Gasteiger partial charge is 0.301 e. The van der Waals surface area contributed by atoms with Crippen LogP contribution in [-0.4, -0.2) is 33.5 Å². The summed E-state index contributed by atoms with van der Waals surface area (Å²) in [5.41, 5.74) is 0.0814. The zero-order valence-electron chi connectivity index (χ0n) is 9.32. The second-order valence-corrected chi connectivity index (χ2v) is 4.76. The average molecular weight is 315 g/mol. The van der Waals surface area contributed by atoms with Crippen molar-refractivity contribution in [3.63, 3.8) is 0 Å². The van der Waals surface area contributed by atoms with Crippen LogP contribution in [0, 0.1) is 0 Å². The summed E-state index contributed by atoms with van der Waals surface area (Å²) in [6.45, 7) is 0.206. The number of nitrogens with zero attached hydrogens (tertiary/aromatic N) is 2. The first-order chi connectivity index (χ1) is 8.69. The fraction of sp³-hybridized carbons (Fsp3) is 0.455. The molecule has 1 N–H and O–H groups in total. The van der Waals surface area contributed by atoms with E-state index in [-0.39, 0.29) is 30.5 Å². The molecule has 7 heteroatoms. The Kier molecular flexibility index (Phi) is 2.96. The summed E-state index contributed by atoms with van der Waals surface area (Å²) in [5.74, 6) is 0. The molecule has 1 fully saturated rings. The van der Waals surface area contributed by atoms with Crippen LogP contribution in [-0.2, 0) is 4.74 Å². The zero-order valence-corrected chi connectivity index (χ0v) is 10.9. The summed E-state index contributed by atoms with van der Waals surface area (Å²) in [7, 11) is 0. The van der Waals surface area contributed by atoms with Crippen molar-refractivity contribution in [1.29, 1.82) is 0 Å². The van der Waals surface area contributed by atoms with Crippen LogP contribution < -0.4 is 10.3 Å². The number of aromatic nitrogens is 2. The second kappa shape index (κ2) is 4.49. The highest BCUT2D eigenvalue weighted by Crippen LogP contribution is 2.34. The third-order valence-electron chi connectivity index (χ3n) is 3.08. The Bertz CT molecular complexity index is 556. The first-order valence-corrected chi connectivity index (χ1v) is 6.47. The molecule has 3 unspecified atom stereocenters. The van der Waals surface area contributed by atoms with Gasteiger partial charge >= 0.3 is 6.01 Å². The Balaban J connectivity index is 2.09. The van der Waals surface area contributed by atoms with Crippen LogP contribution in [0.25, 0.3) is 6.08 Å². The fourth-order valence-corrected chi connectivity index (χ4v) is 2.44. The highest BCUT2D eigenvalue weighted by atomic mass is 79.9. The largest absolute Gasteiger partial charge is 0.462 e. The summed E-state index contributed by atoms with van der Waals surface area (Å²) in [6, 6.07) is 0.242. The molecule has 1 aromatic rings. The van der Waals surface area contributed by atoms with E-state index in [1.54, 1.807) is 21.8 Å². The van der Waals surface area contributed by atoms with Crippen molar-refractivity contribution in [2.75, 3.05) is 6.61 Å². The molecule has 0 amide bonds. The van der Waals surface area contributed by atoms with Crippen molar-refractivity contribution < 1.29 is 14.6 Å². The third kappa shape index (κ3) is 1.88. The van der Waals surface area contributed by atoms with Gasteiger partial charge in [-0.15, -0.1) is 0 Å². The third-order valence-corrected chi connectivity index (χ3v) is 3.34. The maximum Gasteiger partial charge on any atom is 0.301 e. The SMILES string of the molecule is O=c1nc2n(cc1/C=C\Br)C1CC(O)C(CO2)O1. The maximum absolute atomic E-state index is 11.7. The molecule has 2 bridgehead atoms. The lowest BCUT2D eigenvalue weighted by molar-refractivity contribution is -0.0204. The van der Waals surface area contributed by atoms with Crippen molar-refractivity contribution >= 4 is 22.0 Å². The average Bonchev–Trinajstić information content (AvgIpc) is 2.61. The van der Waals surface area contributed by atoms with Crippen molar-refractivity contribution in [3.05, 3.63) is 27.1 Å². The first-order valence-electron chi connectivity index (χ1n) is 5.55. The van der Waals surface area contributed by atoms with Crippen LogP contribution in [0.15, 0.2) is 16.0 Å². The normalized spacial score (nSPS) is 30.0. The summed E-state index contributed by atoms with van der Waals surface area (Å²) in [6.07, 6.45) is 2.48. The summed E-state index contributed by atoms with van der Waals surface area (Å²) >= 11 is 3.12. The molecule has 3 heterocycles. The van der Waals surface area contributed by atoms with Gasteiger partial charge < -0.3 is 14.6 Å². The Morgan fingerprint density at radius 2 is 2.44 bits per heavy atom. The van der Waals surface area contributed by atoms with Gasteiger partial charge in [0.2, 0.25) is 0 Å². The van der Waals surface area contributed by atoms with Crippen LogP contribution in [0.1, 0.15) is 18.2 Å². The fourth-order valence-electron chi connectivity index (χ4n) is 2.16. The molecule has 18 heavy (non-hydrogen) atoms. The van der Waals surface area contributed by atoms with Crippen LogP contribution in [0.2, 0.25) is 0 Å². The zero-order chi connectivity index (χ0) is 12.7. The van der Waals surface area contributed by atoms with Gasteiger partial charge in [-0.25, -0.2) is 0 Å². The molecule has 3 atom stereocenters. The van der Waals surface area contributed by atoms with E-state index >= 15 is 0 Å². The second-order valence-electron chi connectivity index (χ2n) is 4.23. The maximum atomic E-state index is 11.7. The molecule has 2 aliphatic heterocycles. The van der Waals surface area contributed by atoms with E-state index in [0.29, 0.717) is 12.0 Å². The Morgan fingerprint density at radius 3 is 3.22 bits per heavy atom. The number of hydrogen-bond donors (Lipinski definition) is 1. The minimum absolute atomic E-state index is 0.206. The van der Waals surface area contributed by atoms with Gasteiger partial charge in [0.25, 0.3) is 5.56 Å². The van der Waals surface area contributed by atoms with Gasteiger partial charge in [0.15, 0.2) is 0 Å². The van der Waals surface area contributed by atoms with E-state index < -0.39 is 6.10 Å². The number of hydrogen-bond acceptors (Lipinski definition) is 5. The molecule has 0 radical (unpaired) electrons. The molecule has 0 aromatic carbocycles. The van der Waals surface area contributed by atoms with E-state index in [2.05, 4.69) is 20.9 Å². The van der Waals surface area contributed by atoms with Crippen molar-refractivity contribution in [2.45, 2.75) is 24.9 Å². The first kappa shape index (κ1) is 11.9. The van der Waals surface area contributed by atoms with Crippen molar-refractivity contribution in [1.82, 2.24) is 9.55 Å². The Hall–Kier alpha value is -1.18. The van der Waals surface area contributed by atoms with E-state index in [1.807, 2.05) is 0 Å². The van der Waals surface area contributed by atoms with E-state index in [9.17, 15) is 9.90 Å². The molecular weight excluding hydrogens is 304 g/mol. The van der Waals surface area contributed by atoms with Crippen LogP contribution in [0.5, 0.6) is 6.01 Å². The molecule has 0 spiro atoms. The molecule has 6 nitrogen and oxygen atoms in total. The number of rotatable bonds is 1. The predicted octanol–water partition coefficient (Wildman–Crippen LogP) is 0.650. The standard InChI is InChI=1S/C11H11BrN2O4/c12-2-1-6-4-14-9-3-7(15)8(18-9)5-17-11(14)13-10(6)16/h1-2,4,7-9,15H,3,5H2/b2-1-. The van der Waals surface area contributed by atoms with Gasteiger partial charge in [-0.1, -0.05) is 15.9 Å². The summed E-state index contributed by atoms with van der Waals surface area (Å²) in [4.78, 5) is 17.2. The van der Waals surface area contributed by atoms with Crippen molar-refractivity contribution in [2.24, 2.45) is 0 Å². The Labute approximate surface area is 111 Å². The number of aliphatic hydroxyl groups is 1.